The van der Waals surface area contributed by atoms with Crippen molar-refractivity contribution in [2.45, 2.75) is 70.4 Å². The van der Waals surface area contributed by atoms with Crippen molar-refractivity contribution < 1.29 is 24.2 Å². The number of H-pyrrole nitrogens is 2. The van der Waals surface area contributed by atoms with Crippen LogP contribution in [-0.2, 0) is 14.3 Å². The van der Waals surface area contributed by atoms with E-state index in [1.54, 1.807) is 12.4 Å². The highest BCUT2D eigenvalue weighted by molar-refractivity contribution is 5.86. The molecule has 2 aliphatic rings. The second-order valence-corrected chi connectivity index (χ2v) is 12.9. The van der Waals surface area contributed by atoms with Gasteiger partial charge in [0.15, 0.2) is 0 Å². The van der Waals surface area contributed by atoms with E-state index in [1.807, 2.05) is 18.7 Å². The van der Waals surface area contributed by atoms with Gasteiger partial charge in [-0.05, 0) is 53.9 Å². The van der Waals surface area contributed by atoms with E-state index < -0.39 is 18.1 Å². The molecule has 1 aliphatic carbocycles. The molecular weight excluding hydrogens is 596 g/mol. The summed E-state index contributed by atoms with van der Waals surface area (Å²) >= 11 is 0. The fourth-order valence-electron chi connectivity index (χ4n) is 6.96. The Balaban J connectivity index is 1.12. The van der Waals surface area contributed by atoms with Crippen molar-refractivity contribution in [3.63, 3.8) is 0 Å². The molecule has 2 fully saturated rings. The fourth-order valence-corrected chi connectivity index (χ4v) is 6.96. The van der Waals surface area contributed by atoms with Gasteiger partial charge >= 0.3 is 12.1 Å². The lowest BCUT2D eigenvalue weighted by atomic mass is 9.79. The lowest BCUT2D eigenvalue weighted by Gasteiger charge is -2.30. The molecule has 1 aliphatic heterocycles. The lowest BCUT2D eigenvalue weighted by Crippen LogP contribution is -2.51. The molecule has 4 N–H and O–H groups in total. The molecule has 4 atom stereocenters. The van der Waals surface area contributed by atoms with Gasteiger partial charge in [-0.2, -0.15) is 0 Å². The first kappa shape index (κ1) is 32.0. The number of carboxylic acid groups (broad SMARTS) is 1. The molecule has 0 radical (unpaired) electrons. The number of carbonyl (C=O) groups is 3. The monoisotopic (exact) mass is 638 g/mol. The molecule has 6 rings (SSSR count). The van der Waals surface area contributed by atoms with Crippen LogP contribution in [0.4, 0.5) is 4.79 Å². The van der Waals surface area contributed by atoms with Crippen molar-refractivity contribution in [3.05, 3.63) is 72.6 Å². The number of nitrogens with one attached hydrogen (secondary N) is 3. The zero-order valence-corrected chi connectivity index (χ0v) is 27.0. The minimum absolute atomic E-state index is 0.0779. The maximum atomic E-state index is 13.5. The zero-order chi connectivity index (χ0) is 33.1. The first-order chi connectivity index (χ1) is 22.7. The molecule has 1 saturated heterocycles. The van der Waals surface area contributed by atoms with Crippen LogP contribution in [0.3, 0.4) is 0 Å². The van der Waals surface area contributed by atoms with Crippen LogP contribution in [0.2, 0.25) is 0 Å². The second-order valence-electron chi connectivity index (χ2n) is 12.9. The number of rotatable bonds is 9. The Hall–Kier alpha value is -4.93. The smallest absolute Gasteiger partial charge is 0.407 e. The predicted octanol–water partition coefficient (Wildman–Crippen LogP) is 6.54. The molecule has 2 amide bonds. The predicted molar refractivity (Wildman–Crippen MR) is 177 cm³/mol. The lowest BCUT2D eigenvalue weighted by molar-refractivity contribution is -0.143. The molecule has 47 heavy (non-hydrogen) atoms. The summed E-state index contributed by atoms with van der Waals surface area (Å²) in [6.45, 7) is 4.41. The van der Waals surface area contributed by atoms with Crippen LogP contribution in [0.15, 0.2) is 60.9 Å². The summed E-state index contributed by atoms with van der Waals surface area (Å²) in [6, 6.07) is 15.6. The van der Waals surface area contributed by atoms with E-state index >= 15 is 0 Å². The molecule has 4 aromatic rings. The highest BCUT2D eigenvalue weighted by atomic mass is 16.5. The Bertz CT molecular complexity index is 1710. The van der Waals surface area contributed by atoms with Gasteiger partial charge in [0.05, 0.1) is 42.9 Å². The largest absolute Gasteiger partial charge is 0.481 e. The van der Waals surface area contributed by atoms with Gasteiger partial charge in [0.25, 0.3) is 0 Å². The Morgan fingerprint density at radius 2 is 1.38 bits per heavy atom. The van der Waals surface area contributed by atoms with Crippen LogP contribution < -0.4 is 5.32 Å². The SMILES string of the molecule is COC(=O)NC(C(=O)N1CCC[C@H]1c1ncc(-c2ccc(-c3ccc(-c4cnc([C@H]5CCCC[C@@H]5C(=O)O)[nH]4)cc3)cc2)[nH]1)C(C)C. The van der Waals surface area contributed by atoms with E-state index in [2.05, 4.69) is 73.8 Å². The number of likely N-dealkylation sites (tertiary alicyclic amines) is 1. The minimum Gasteiger partial charge on any atom is -0.481 e. The number of ether oxygens (including phenoxy) is 1. The second kappa shape index (κ2) is 13.8. The summed E-state index contributed by atoms with van der Waals surface area (Å²) in [5.41, 5.74) is 5.88. The molecule has 0 bridgehead atoms. The van der Waals surface area contributed by atoms with Gasteiger partial charge in [-0.15, -0.1) is 0 Å². The van der Waals surface area contributed by atoms with E-state index in [4.69, 9.17) is 4.74 Å². The number of methoxy groups -OCH3 is 1. The Kier molecular flexibility index (Phi) is 9.42. The first-order valence-electron chi connectivity index (χ1n) is 16.4. The van der Waals surface area contributed by atoms with Gasteiger partial charge in [-0.3, -0.25) is 9.59 Å². The highest BCUT2D eigenvalue weighted by Crippen LogP contribution is 2.38. The number of hydrogen-bond acceptors (Lipinski definition) is 6. The zero-order valence-electron chi connectivity index (χ0n) is 27.0. The Morgan fingerprint density at radius 3 is 1.96 bits per heavy atom. The van der Waals surface area contributed by atoms with Gasteiger partial charge < -0.3 is 30.0 Å². The number of aromatic nitrogens is 4. The normalized spacial score (nSPS) is 20.3. The highest BCUT2D eigenvalue weighted by Gasteiger charge is 2.37. The first-order valence-corrected chi connectivity index (χ1v) is 16.4. The fraction of sp³-hybridized carbons (Fsp3) is 0.417. The van der Waals surface area contributed by atoms with Crippen molar-refractivity contribution in [1.29, 1.82) is 0 Å². The minimum atomic E-state index is -0.741. The number of imidazole rings is 2. The number of aromatic amines is 2. The van der Waals surface area contributed by atoms with Crippen molar-refractivity contribution in [3.8, 4) is 33.6 Å². The Morgan fingerprint density at radius 1 is 0.830 bits per heavy atom. The number of benzene rings is 2. The maximum Gasteiger partial charge on any atom is 0.407 e. The third-order valence-electron chi connectivity index (χ3n) is 9.59. The molecule has 11 heteroatoms. The number of amides is 2. The van der Waals surface area contributed by atoms with Crippen LogP contribution in [0.25, 0.3) is 33.6 Å². The molecule has 2 aromatic heterocycles. The summed E-state index contributed by atoms with van der Waals surface area (Å²) in [4.78, 5) is 55.0. The van der Waals surface area contributed by atoms with Crippen molar-refractivity contribution >= 4 is 18.0 Å². The molecule has 2 aromatic carbocycles. The van der Waals surface area contributed by atoms with Crippen molar-refractivity contribution in [2.75, 3.05) is 13.7 Å². The molecule has 3 heterocycles. The quantitative estimate of drug-likeness (QED) is 0.162. The molecule has 246 valence electrons. The van der Waals surface area contributed by atoms with Crippen LogP contribution in [0, 0.1) is 11.8 Å². The molecule has 1 saturated carbocycles. The summed E-state index contributed by atoms with van der Waals surface area (Å²) in [5.74, 6) is 0.0577. The van der Waals surface area contributed by atoms with E-state index in [0.717, 1.165) is 77.4 Å². The molecule has 0 spiro atoms. The van der Waals surface area contributed by atoms with E-state index in [-0.39, 0.29) is 29.7 Å². The maximum absolute atomic E-state index is 13.5. The van der Waals surface area contributed by atoms with E-state index in [9.17, 15) is 19.5 Å². The standard InChI is InChI=1S/C36H42N6O5/c1-21(2)31(41-36(46)47-3)34(43)42-18-6-9-30(42)33-38-20-29(40-33)25-16-12-23(13-17-25)22-10-14-24(15-11-22)28-19-37-32(39-28)26-7-4-5-8-27(26)35(44)45/h10-17,19-21,26-27,30-31H,4-9,18H2,1-3H3,(H,37,39)(H,38,40)(H,41,46)(H,44,45)/t26-,27-,30-,31?/m0/s1. The van der Waals surface area contributed by atoms with Gasteiger partial charge in [0.2, 0.25) is 5.91 Å². The van der Waals surface area contributed by atoms with Gasteiger partial charge in [-0.25, -0.2) is 14.8 Å². The van der Waals surface area contributed by atoms with E-state index in [0.29, 0.717) is 13.0 Å². The molecular formula is C36H42N6O5. The van der Waals surface area contributed by atoms with Crippen LogP contribution in [0.5, 0.6) is 0 Å². The van der Waals surface area contributed by atoms with Crippen LogP contribution >= 0.6 is 0 Å². The summed E-state index contributed by atoms with van der Waals surface area (Å²) in [5, 5.41) is 12.4. The number of hydrogen-bond donors (Lipinski definition) is 4. The van der Waals surface area contributed by atoms with Crippen molar-refractivity contribution in [2.24, 2.45) is 11.8 Å². The topological polar surface area (TPSA) is 153 Å². The van der Waals surface area contributed by atoms with Crippen molar-refractivity contribution in [1.82, 2.24) is 30.2 Å². The summed E-state index contributed by atoms with van der Waals surface area (Å²) in [6.07, 6.45) is 8.14. The number of aliphatic carboxylic acids is 1. The number of carboxylic acids is 1. The van der Waals surface area contributed by atoms with E-state index in [1.165, 1.54) is 7.11 Å². The number of carbonyl (C=O) groups excluding carboxylic acids is 2. The molecule has 1 unspecified atom stereocenters. The van der Waals surface area contributed by atoms with Crippen LogP contribution in [-0.4, -0.2) is 67.6 Å². The Labute approximate surface area is 274 Å². The number of nitrogens with zero attached hydrogens (tertiary/aromatic N) is 3. The molecule has 11 nitrogen and oxygen atoms in total. The van der Waals surface area contributed by atoms with Crippen LogP contribution in [0.1, 0.15) is 76.0 Å². The van der Waals surface area contributed by atoms with Gasteiger partial charge in [0, 0.05) is 12.5 Å². The van der Waals surface area contributed by atoms with Gasteiger partial charge in [-0.1, -0.05) is 75.2 Å². The average molecular weight is 639 g/mol. The third-order valence-corrected chi connectivity index (χ3v) is 9.59. The number of alkyl carbamates (subject to hydrolysis) is 1. The van der Waals surface area contributed by atoms with Gasteiger partial charge in [0.1, 0.15) is 17.7 Å². The summed E-state index contributed by atoms with van der Waals surface area (Å²) in [7, 11) is 1.29. The third kappa shape index (κ3) is 6.79. The summed E-state index contributed by atoms with van der Waals surface area (Å²) < 4.78 is 4.74. The average Bonchev–Trinajstić information content (AvgIpc) is 3.88.